The van der Waals surface area contributed by atoms with Gasteiger partial charge in [0.25, 0.3) is 0 Å². The Kier molecular flexibility index (Phi) is 59.4. The summed E-state index contributed by atoms with van der Waals surface area (Å²) < 4.78 is 68.3. The minimum absolute atomic E-state index is 0.102. The predicted octanol–water partition coefficient (Wildman–Crippen LogP) is 20.1. The van der Waals surface area contributed by atoms with Crippen molar-refractivity contribution in [2.45, 2.75) is 369 Å². The van der Waals surface area contributed by atoms with Crippen LogP contribution in [0.4, 0.5) is 0 Å². The number of carbonyl (C=O) groups excluding carboxylic acids is 4. The highest BCUT2D eigenvalue weighted by Crippen LogP contribution is 2.45. The zero-order valence-corrected chi connectivity index (χ0v) is 60.6. The van der Waals surface area contributed by atoms with Crippen molar-refractivity contribution in [1.29, 1.82) is 0 Å². The molecular weight excluding hydrogens is 1190 g/mol. The van der Waals surface area contributed by atoms with E-state index in [4.69, 9.17) is 37.0 Å². The molecule has 0 amide bonds. The van der Waals surface area contributed by atoms with Crippen molar-refractivity contribution < 1.29 is 80.2 Å². The number of hydrogen-bond acceptors (Lipinski definition) is 15. The third kappa shape index (κ3) is 62.2. The summed E-state index contributed by atoms with van der Waals surface area (Å²) in [5.41, 5.74) is 0. The summed E-state index contributed by atoms with van der Waals surface area (Å²) in [4.78, 5) is 72.6. The van der Waals surface area contributed by atoms with E-state index in [1.54, 1.807) is 0 Å². The summed E-state index contributed by atoms with van der Waals surface area (Å²) in [5, 5.41) is 10.6. The molecule has 7 atom stereocenters. The summed E-state index contributed by atoms with van der Waals surface area (Å²) in [5.74, 6) is 0.878. The maximum Gasteiger partial charge on any atom is 0.472 e. The molecule has 0 aromatic carbocycles. The van der Waals surface area contributed by atoms with Crippen LogP contribution in [-0.2, 0) is 65.4 Å². The molecule has 0 rings (SSSR count). The lowest BCUT2D eigenvalue weighted by Crippen LogP contribution is -2.30. The number of carbonyl (C=O) groups is 4. The zero-order chi connectivity index (χ0) is 66.8. The van der Waals surface area contributed by atoms with Crippen LogP contribution in [0.3, 0.4) is 0 Å². The number of aliphatic hydroxyl groups excluding tert-OH is 1. The van der Waals surface area contributed by atoms with Gasteiger partial charge in [0.2, 0.25) is 0 Å². The molecule has 0 radical (unpaired) electrons. The number of ether oxygens (including phenoxy) is 4. The Morgan fingerprint density at radius 2 is 0.533 bits per heavy atom. The fourth-order valence-corrected chi connectivity index (χ4v) is 12.2. The van der Waals surface area contributed by atoms with E-state index in [1.807, 2.05) is 0 Å². The van der Waals surface area contributed by atoms with E-state index in [1.165, 1.54) is 148 Å². The van der Waals surface area contributed by atoms with Crippen molar-refractivity contribution in [3.63, 3.8) is 0 Å². The molecule has 0 saturated carbocycles. The highest BCUT2D eigenvalue weighted by atomic mass is 31.2. The summed E-state index contributed by atoms with van der Waals surface area (Å²) in [6.07, 6.45) is 43.1. The molecule has 19 heteroatoms. The second kappa shape index (κ2) is 60.7. The molecule has 17 nitrogen and oxygen atoms in total. The van der Waals surface area contributed by atoms with Gasteiger partial charge < -0.3 is 33.8 Å². The molecule has 3 N–H and O–H groups in total. The zero-order valence-electron chi connectivity index (χ0n) is 58.8. The first-order valence-corrected chi connectivity index (χ1v) is 39.8. The number of hydrogen-bond donors (Lipinski definition) is 3. The highest BCUT2D eigenvalue weighted by molar-refractivity contribution is 7.47. The van der Waals surface area contributed by atoms with Crippen LogP contribution in [0.5, 0.6) is 0 Å². The number of phosphoric acid groups is 2. The molecule has 534 valence electrons. The summed E-state index contributed by atoms with van der Waals surface area (Å²) >= 11 is 0. The van der Waals surface area contributed by atoms with Crippen LogP contribution in [0.15, 0.2) is 0 Å². The lowest BCUT2D eigenvalue weighted by molar-refractivity contribution is -0.161. The van der Waals surface area contributed by atoms with Gasteiger partial charge in [-0.15, -0.1) is 0 Å². The Balaban J connectivity index is 5.23. The number of phosphoric ester groups is 2. The van der Waals surface area contributed by atoms with Gasteiger partial charge in [0.05, 0.1) is 26.4 Å². The molecule has 0 bridgehead atoms. The molecule has 0 aromatic rings. The van der Waals surface area contributed by atoms with Crippen molar-refractivity contribution in [3.8, 4) is 0 Å². The maximum atomic E-state index is 13.0. The summed E-state index contributed by atoms with van der Waals surface area (Å²) in [7, 11) is -9.90. The van der Waals surface area contributed by atoms with Crippen LogP contribution in [0.1, 0.15) is 351 Å². The number of unbranched alkanes of at least 4 members (excludes halogenated alkanes) is 32. The molecule has 0 aliphatic rings. The average molecular weight is 1330 g/mol. The minimum atomic E-state index is -4.95. The molecule has 0 fully saturated rings. The number of aliphatic hydroxyl groups is 1. The van der Waals surface area contributed by atoms with Crippen molar-refractivity contribution in [3.05, 3.63) is 0 Å². The van der Waals surface area contributed by atoms with E-state index in [-0.39, 0.29) is 25.7 Å². The van der Waals surface area contributed by atoms with Crippen molar-refractivity contribution in [2.24, 2.45) is 23.7 Å². The Labute approximate surface area is 549 Å². The maximum absolute atomic E-state index is 13.0. The number of rotatable bonds is 68. The van der Waals surface area contributed by atoms with Gasteiger partial charge >= 0.3 is 39.5 Å². The molecule has 90 heavy (non-hydrogen) atoms. The summed E-state index contributed by atoms with van der Waals surface area (Å²) in [6.45, 7) is 14.1. The van der Waals surface area contributed by atoms with E-state index in [9.17, 15) is 43.2 Å². The molecule has 0 aromatic heterocycles. The van der Waals surface area contributed by atoms with E-state index in [2.05, 4.69) is 55.4 Å². The minimum Gasteiger partial charge on any atom is -0.462 e. The quantitative estimate of drug-likeness (QED) is 0.0222. The van der Waals surface area contributed by atoms with Crippen LogP contribution < -0.4 is 0 Å². The van der Waals surface area contributed by atoms with Gasteiger partial charge in [-0.25, -0.2) is 9.13 Å². The van der Waals surface area contributed by atoms with E-state index < -0.39 is 97.5 Å². The van der Waals surface area contributed by atoms with Gasteiger partial charge in [-0.3, -0.25) is 37.3 Å². The molecule has 0 aliphatic heterocycles. The van der Waals surface area contributed by atoms with E-state index >= 15 is 0 Å². The lowest BCUT2D eigenvalue weighted by atomic mass is 10.00. The molecule has 0 aliphatic carbocycles. The van der Waals surface area contributed by atoms with Gasteiger partial charge in [-0.05, 0) is 49.4 Å². The first kappa shape index (κ1) is 88.1. The molecule has 0 saturated heterocycles. The van der Waals surface area contributed by atoms with E-state index in [0.717, 1.165) is 120 Å². The highest BCUT2D eigenvalue weighted by Gasteiger charge is 2.30. The largest absolute Gasteiger partial charge is 0.472 e. The normalized spacial score (nSPS) is 14.9. The fraction of sp³-hybridized carbons (Fsp3) is 0.944. The fourth-order valence-electron chi connectivity index (χ4n) is 10.6. The molecule has 0 spiro atoms. The Morgan fingerprint density at radius 1 is 0.311 bits per heavy atom. The van der Waals surface area contributed by atoms with Gasteiger partial charge in [0, 0.05) is 25.7 Å². The monoisotopic (exact) mass is 1320 g/mol. The Morgan fingerprint density at radius 3 is 0.789 bits per heavy atom. The SMILES string of the molecule is CCC(C)CCCCCCCCC(=O)OC[C@H](COP(=O)(O)OC[C@H](O)COP(=O)(O)OC[C@@H](COC(=O)CCCCCCCCCCCCCC(C)C)OC(=O)CCCCCCCCC(C)CC)OC(=O)CCCCCCCCCCCCCCCC(C)C. The van der Waals surface area contributed by atoms with E-state index in [0.29, 0.717) is 25.7 Å². The van der Waals surface area contributed by atoms with Crippen LogP contribution >= 0.6 is 15.6 Å². The average Bonchev–Trinajstić information content (AvgIpc) is 2.59. The Bertz CT molecular complexity index is 1790. The first-order valence-electron chi connectivity index (χ1n) is 36.8. The van der Waals surface area contributed by atoms with Crippen LogP contribution in [-0.4, -0.2) is 96.7 Å². The summed E-state index contributed by atoms with van der Waals surface area (Å²) in [6, 6.07) is 0. The third-order valence-corrected chi connectivity index (χ3v) is 18.9. The molecule has 0 heterocycles. The molecule has 4 unspecified atom stereocenters. The lowest BCUT2D eigenvalue weighted by Gasteiger charge is -2.21. The third-order valence-electron chi connectivity index (χ3n) is 17.0. The van der Waals surface area contributed by atoms with Gasteiger partial charge in [0.15, 0.2) is 12.2 Å². The van der Waals surface area contributed by atoms with Crippen molar-refractivity contribution in [2.75, 3.05) is 39.6 Å². The topological polar surface area (TPSA) is 237 Å². The van der Waals surface area contributed by atoms with Crippen LogP contribution in [0, 0.1) is 23.7 Å². The van der Waals surface area contributed by atoms with Crippen molar-refractivity contribution in [1.82, 2.24) is 0 Å². The van der Waals surface area contributed by atoms with Gasteiger partial charge in [-0.1, -0.05) is 299 Å². The predicted molar refractivity (Wildman–Crippen MR) is 363 cm³/mol. The van der Waals surface area contributed by atoms with Gasteiger partial charge in [-0.2, -0.15) is 0 Å². The number of esters is 4. The standard InChI is InChI=1S/C71H138O17P2/c1-9-63(7)49-41-33-27-29-36-44-52-69(74)82-58-66(87-70(75)53-45-37-26-22-17-13-11-12-15-19-23-31-39-47-61(3)4)59-85-89(77,78)83-55-65(72)56-84-90(79,80)86-60-67(88-71(76)54-46-38-30-28-34-42-50-64(8)10-2)57-81-68(73)51-43-35-25-21-18-14-16-20-24-32-40-48-62(5)6/h61-67,72H,9-60H2,1-8H3,(H,77,78)(H,79,80)/t63?,64?,65-,66+,67+/m0/s1. The smallest absolute Gasteiger partial charge is 0.462 e. The van der Waals surface area contributed by atoms with Crippen LogP contribution in [0.2, 0.25) is 0 Å². The molecular formula is C71H138O17P2. The van der Waals surface area contributed by atoms with Crippen LogP contribution in [0.25, 0.3) is 0 Å². The van der Waals surface area contributed by atoms with Crippen molar-refractivity contribution >= 4 is 39.5 Å². The van der Waals surface area contributed by atoms with Gasteiger partial charge in [0.1, 0.15) is 19.3 Å². The Hall–Kier alpha value is -1.94. The second-order valence-electron chi connectivity index (χ2n) is 27.1. The first-order chi connectivity index (χ1) is 43.2. The second-order valence-corrected chi connectivity index (χ2v) is 30.0.